The van der Waals surface area contributed by atoms with Crippen molar-refractivity contribution in [2.24, 2.45) is 0 Å². The highest BCUT2D eigenvalue weighted by atomic mass is 32.2. The van der Waals surface area contributed by atoms with Crippen molar-refractivity contribution >= 4 is 17.6 Å². The van der Waals surface area contributed by atoms with Crippen LogP contribution in [0.5, 0.6) is 0 Å². The van der Waals surface area contributed by atoms with Gasteiger partial charge in [0.1, 0.15) is 0 Å². The maximum Gasteiger partial charge on any atom is 0.165 e. The third kappa shape index (κ3) is 2.99. The van der Waals surface area contributed by atoms with Gasteiger partial charge in [-0.2, -0.15) is 0 Å². The predicted molar refractivity (Wildman–Crippen MR) is 61.6 cm³/mol. The summed E-state index contributed by atoms with van der Waals surface area (Å²) in [5.41, 5.74) is 5.46. The third-order valence-corrected chi connectivity index (χ3v) is 2.88. The van der Waals surface area contributed by atoms with E-state index in [1.165, 1.54) is 4.90 Å². The van der Waals surface area contributed by atoms with Gasteiger partial charge in [-0.05, 0) is 12.1 Å². The molecule has 0 aliphatic rings. The molecule has 0 amide bonds. The molecule has 0 spiro atoms. The van der Waals surface area contributed by atoms with Gasteiger partial charge in [0.15, 0.2) is 5.82 Å². The lowest BCUT2D eigenvalue weighted by atomic mass is 10.4. The van der Waals surface area contributed by atoms with Gasteiger partial charge in [-0.1, -0.05) is 23.4 Å². The lowest BCUT2D eigenvalue weighted by Crippen LogP contribution is -2.00. The van der Waals surface area contributed by atoms with Gasteiger partial charge < -0.3 is 5.73 Å². The van der Waals surface area contributed by atoms with Crippen LogP contribution >= 0.6 is 11.8 Å². The Kier molecular flexibility index (Phi) is 3.24. The van der Waals surface area contributed by atoms with Crippen molar-refractivity contribution in [3.05, 3.63) is 36.5 Å². The quantitative estimate of drug-likeness (QED) is 0.796. The van der Waals surface area contributed by atoms with Crippen LogP contribution in [0.25, 0.3) is 0 Å². The van der Waals surface area contributed by atoms with E-state index in [9.17, 15) is 0 Å². The first-order chi connectivity index (χ1) is 7.34. The van der Waals surface area contributed by atoms with Crippen molar-refractivity contribution in [3.63, 3.8) is 0 Å². The van der Waals surface area contributed by atoms with Crippen LogP contribution in [-0.2, 0) is 6.54 Å². The number of aryl methyl sites for hydroxylation is 1. The van der Waals surface area contributed by atoms with E-state index in [1.54, 1.807) is 22.6 Å². The Morgan fingerprint density at radius 2 is 2.07 bits per heavy atom. The Balaban J connectivity index is 1.80. The van der Waals surface area contributed by atoms with Crippen LogP contribution in [-0.4, -0.2) is 20.7 Å². The number of rotatable bonds is 4. The SMILES string of the molecule is Nc1cn(CCSc2ccccc2)nn1. The summed E-state index contributed by atoms with van der Waals surface area (Å²) in [6.07, 6.45) is 1.74. The van der Waals surface area contributed by atoms with Crippen LogP contribution in [0.3, 0.4) is 0 Å². The van der Waals surface area contributed by atoms with Crippen molar-refractivity contribution in [1.29, 1.82) is 0 Å². The zero-order valence-electron chi connectivity index (χ0n) is 8.21. The van der Waals surface area contributed by atoms with Crippen molar-refractivity contribution in [3.8, 4) is 0 Å². The number of benzene rings is 1. The van der Waals surface area contributed by atoms with E-state index >= 15 is 0 Å². The van der Waals surface area contributed by atoms with Crippen molar-refractivity contribution in [1.82, 2.24) is 15.0 Å². The van der Waals surface area contributed by atoms with E-state index in [1.807, 2.05) is 18.2 Å². The van der Waals surface area contributed by atoms with E-state index in [0.717, 1.165) is 12.3 Å². The van der Waals surface area contributed by atoms with Crippen LogP contribution in [0.15, 0.2) is 41.4 Å². The molecule has 0 bridgehead atoms. The first-order valence-electron chi connectivity index (χ1n) is 4.68. The van der Waals surface area contributed by atoms with Gasteiger partial charge in [0.05, 0.1) is 12.7 Å². The molecule has 2 N–H and O–H groups in total. The predicted octanol–water partition coefficient (Wildman–Crippen LogP) is 1.65. The summed E-state index contributed by atoms with van der Waals surface area (Å²) >= 11 is 1.80. The number of thioether (sulfide) groups is 1. The molecule has 4 nitrogen and oxygen atoms in total. The molecular weight excluding hydrogens is 208 g/mol. The number of nitrogen functional groups attached to an aromatic ring is 1. The van der Waals surface area contributed by atoms with Crippen molar-refractivity contribution in [2.45, 2.75) is 11.4 Å². The van der Waals surface area contributed by atoms with Crippen LogP contribution < -0.4 is 5.73 Å². The smallest absolute Gasteiger partial charge is 0.165 e. The highest BCUT2D eigenvalue weighted by Crippen LogP contribution is 2.16. The van der Waals surface area contributed by atoms with Gasteiger partial charge in [-0.15, -0.1) is 16.9 Å². The normalized spacial score (nSPS) is 10.4. The number of nitrogens with two attached hydrogens (primary N) is 1. The molecule has 0 fully saturated rings. The molecule has 78 valence electrons. The lowest BCUT2D eigenvalue weighted by molar-refractivity contribution is 0.632. The molecular formula is C10H12N4S. The standard InChI is InChI=1S/C10H12N4S/c11-10-8-14(13-12-10)6-7-15-9-4-2-1-3-5-9/h1-5,8H,6-7,11H2. The number of hydrogen-bond acceptors (Lipinski definition) is 4. The van der Waals surface area contributed by atoms with E-state index < -0.39 is 0 Å². The Hall–Kier alpha value is -1.49. The molecule has 1 heterocycles. The lowest BCUT2D eigenvalue weighted by Gasteiger charge is -2.00. The maximum absolute atomic E-state index is 5.46. The Bertz CT molecular complexity index is 412. The first kappa shape index (κ1) is 10.0. The topological polar surface area (TPSA) is 56.7 Å². The van der Waals surface area contributed by atoms with E-state index in [0.29, 0.717) is 5.82 Å². The third-order valence-electron chi connectivity index (χ3n) is 1.89. The van der Waals surface area contributed by atoms with Crippen LogP contribution in [0, 0.1) is 0 Å². The number of hydrogen-bond donors (Lipinski definition) is 1. The summed E-state index contributed by atoms with van der Waals surface area (Å²) in [5, 5.41) is 7.60. The average Bonchev–Trinajstić information content (AvgIpc) is 2.66. The second kappa shape index (κ2) is 4.84. The van der Waals surface area contributed by atoms with Crippen molar-refractivity contribution < 1.29 is 0 Å². The summed E-state index contributed by atoms with van der Waals surface area (Å²) in [6, 6.07) is 10.3. The maximum atomic E-state index is 5.46. The minimum absolute atomic E-state index is 0.472. The largest absolute Gasteiger partial charge is 0.381 e. The molecule has 0 aliphatic heterocycles. The van der Waals surface area contributed by atoms with Gasteiger partial charge in [-0.25, -0.2) is 4.68 Å². The van der Waals surface area contributed by atoms with Crippen LogP contribution in [0.4, 0.5) is 5.82 Å². The highest BCUT2D eigenvalue weighted by Gasteiger charge is 1.96. The fourth-order valence-electron chi connectivity index (χ4n) is 1.20. The Morgan fingerprint density at radius 3 is 2.73 bits per heavy atom. The van der Waals surface area contributed by atoms with E-state index in [-0.39, 0.29) is 0 Å². The second-order valence-electron chi connectivity index (χ2n) is 3.07. The monoisotopic (exact) mass is 220 g/mol. The molecule has 2 aromatic rings. The van der Waals surface area contributed by atoms with Gasteiger partial charge in [0, 0.05) is 10.6 Å². The fourth-order valence-corrected chi connectivity index (χ4v) is 2.06. The number of aromatic nitrogens is 3. The molecule has 0 radical (unpaired) electrons. The average molecular weight is 220 g/mol. The summed E-state index contributed by atoms with van der Waals surface area (Å²) in [6.45, 7) is 0.823. The fraction of sp³-hybridized carbons (Fsp3) is 0.200. The van der Waals surface area contributed by atoms with Gasteiger partial charge in [0.2, 0.25) is 0 Å². The number of anilines is 1. The minimum Gasteiger partial charge on any atom is -0.381 e. The summed E-state index contributed by atoms with van der Waals surface area (Å²) in [5.74, 6) is 1.44. The molecule has 0 saturated heterocycles. The van der Waals surface area contributed by atoms with Crippen LogP contribution in [0.2, 0.25) is 0 Å². The molecule has 0 saturated carbocycles. The van der Waals surface area contributed by atoms with Crippen LogP contribution in [0.1, 0.15) is 0 Å². The molecule has 5 heteroatoms. The van der Waals surface area contributed by atoms with Crippen molar-refractivity contribution in [2.75, 3.05) is 11.5 Å². The minimum atomic E-state index is 0.472. The zero-order chi connectivity index (χ0) is 10.5. The molecule has 2 rings (SSSR count). The molecule has 0 unspecified atom stereocenters. The summed E-state index contributed by atoms with van der Waals surface area (Å²) in [7, 11) is 0. The number of nitrogens with zero attached hydrogens (tertiary/aromatic N) is 3. The Morgan fingerprint density at radius 1 is 1.27 bits per heavy atom. The molecule has 0 aliphatic carbocycles. The molecule has 15 heavy (non-hydrogen) atoms. The molecule has 0 atom stereocenters. The van der Waals surface area contributed by atoms with E-state index in [2.05, 4.69) is 22.4 Å². The van der Waals surface area contributed by atoms with Gasteiger partial charge in [0.25, 0.3) is 0 Å². The Labute approximate surface area is 92.5 Å². The highest BCUT2D eigenvalue weighted by molar-refractivity contribution is 7.99. The molecule has 1 aromatic carbocycles. The van der Waals surface area contributed by atoms with Gasteiger partial charge in [-0.3, -0.25) is 0 Å². The van der Waals surface area contributed by atoms with E-state index in [4.69, 9.17) is 5.73 Å². The first-order valence-corrected chi connectivity index (χ1v) is 5.66. The summed E-state index contributed by atoms with van der Waals surface area (Å²) in [4.78, 5) is 1.27. The van der Waals surface area contributed by atoms with Gasteiger partial charge >= 0.3 is 0 Å². The molecule has 1 aromatic heterocycles. The summed E-state index contributed by atoms with van der Waals surface area (Å²) < 4.78 is 1.76. The second-order valence-corrected chi connectivity index (χ2v) is 4.24. The zero-order valence-corrected chi connectivity index (χ0v) is 9.02.